The lowest BCUT2D eigenvalue weighted by molar-refractivity contribution is 0.811. The van der Waals surface area contributed by atoms with Crippen LogP contribution in [0.4, 0.5) is 0 Å². The quantitative estimate of drug-likeness (QED) is 0.636. The average molecular weight is 149 g/mol. The molecule has 1 N–H and O–H groups in total. The molecule has 0 spiro atoms. The molecule has 0 amide bonds. The highest BCUT2D eigenvalue weighted by Gasteiger charge is 2.03. The summed E-state index contributed by atoms with van der Waals surface area (Å²) in [5, 5.41) is 3.27. The molecule has 0 bridgehead atoms. The zero-order valence-electron chi connectivity index (χ0n) is 7.28. The Labute approximate surface area is 68.5 Å². The Morgan fingerprint density at radius 2 is 2.18 bits per heavy atom. The Hall–Kier alpha value is -0.980. The van der Waals surface area contributed by atoms with Crippen molar-refractivity contribution in [1.82, 2.24) is 5.32 Å². The van der Waals surface area contributed by atoms with E-state index in [4.69, 9.17) is 0 Å². The third-order valence-corrected chi connectivity index (χ3v) is 1.84. The van der Waals surface area contributed by atoms with Gasteiger partial charge < -0.3 is 5.32 Å². The van der Waals surface area contributed by atoms with Crippen LogP contribution in [0.5, 0.6) is 0 Å². The number of hydrogen-bond donors (Lipinski definition) is 1. The van der Waals surface area contributed by atoms with Crippen molar-refractivity contribution >= 4 is 0 Å². The smallest absolute Gasteiger partial charge is 0.0338 e. The van der Waals surface area contributed by atoms with Crippen molar-refractivity contribution in [3.05, 3.63) is 35.7 Å². The maximum absolute atomic E-state index is 3.91. The molecule has 0 radical (unpaired) electrons. The summed E-state index contributed by atoms with van der Waals surface area (Å²) < 4.78 is 0. The second-order valence-corrected chi connectivity index (χ2v) is 2.90. The third kappa shape index (κ3) is 1.97. The van der Waals surface area contributed by atoms with Gasteiger partial charge in [0.1, 0.15) is 0 Å². The van der Waals surface area contributed by atoms with Crippen molar-refractivity contribution in [3.63, 3.8) is 0 Å². The first-order chi connectivity index (χ1) is 5.24. The Bertz CT molecular complexity index is 221. The lowest BCUT2D eigenvalue weighted by atomic mass is 10.1. The summed E-state index contributed by atoms with van der Waals surface area (Å²) in [5.41, 5.74) is 3.55. The molecule has 0 aromatic carbocycles. The van der Waals surface area contributed by atoms with Crippen molar-refractivity contribution < 1.29 is 0 Å². The molecule has 1 rings (SSSR count). The SMILES string of the molecule is C=C1NC(CCC)=CC=C1C. The van der Waals surface area contributed by atoms with Gasteiger partial charge in [-0.3, -0.25) is 0 Å². The van der Waals surface area contributed by atoms with Gasteiger partial charge in [0.2, 0.25) is 0 Å². The lowest BCUT2D eigenvalue weighted by Gasteiger charge is -2.16. The first kappa shape index (κ1) is 8.12. The molecule has 0 fully saturated rings. The van der Waals surface area contributed by atoms with Gasteiger partial charge in [-0.2, -0.15) is 0 Å². The second-order valence-electron chi connectivity index (χ2n) is 2.90. The van der Waals surface area contributed by atoms with Crippen LogP contribution in [0.2, 0.25) is 0 Å². The van der Waals surface area contributed by atoms with E-state index in [1.54, 1.807) is 0 Å². The highest BCUT2D eigenvalue weighted by molar-refractivity contribution is 5.36. The summed E-state index contributed by atoms with van der Waals surface area (Å²) in [6.07, 6.45) is 6.54. The van der Waals surface area contributed by atoms with E-state index < -0.39 is 0 Å². The van der Waals surface area contributed by atoms with Crippen molar-refractivity contribution in [3.8, 4) is 0 Å². The van der Waals surface area contributed by atoms with Gasteiger partial charge in [0.25, 0.3) is 0 Å². The number of hydrogen-bond acceptors (Lipinski definition) is 1. The molecule has 0 unspecified atom stereocenters. The van der Waals surface area contributed by atoms with E-state index in [0.717, 1.165) is 12.1 Å². The molecule has 1 nitrogen and oxygen atoms in total. The average Bonchev–Trinajstić information content (AvgIpc) is 1.98. The van der Waals surface area contributed by atoms with Gasteiger partial charge in [0.15, 0.2) is 0 Å². The Morgan fingerprint density at radius 3 is 2.73 bits per heavy atom. The van der Waals surface area contributed by atoms with E-state index in [1.807, 2.05) is 0 Å². The van der Waals surface area contributed by atoms with Crippen LogP contribution in [0.15, 0.2) is 35.7 Å². The fraction of sp³-hybridized carbons (Fsp3) is 0.400. The Balaban J connectivity index is 2.65. The number of dihydropyridines is 1. The van der Waals surface area contributed by atoms with Crippen molar-refractivity contribution in [1.29, 1.82) is 0 Å². The summed E-state index contributed by atoms with van der Waals surface area (Å²) in [6.45, 7) is 8.15. The molecule has 0 saturated carbocycles. The highest BCUT2D eigenvalue weighted by atomic mass is 14.9. The third-order valence-electron chi connectivity index (χ3n) is 1.84. The van der Waals surface area contributed by atoms with Crippen molar-refractivity contribution in [2.24, 2.45) is 0 Å². The fourth-order valence-corrected chi connectivity index (χ4v) is 1.08. The normalized spacial score (nSPS) is 17.1. The van der Waals surface area contributed by atoms with Crippen LogP contribution in [0.1, 0.15) is 26.7 Å². The van der Waals surface area contributed by atoms with Crippen LogP contribution < -0.4 is 5.32 Å². The molecule has 11 heavy (non-hydrogen) atoms. The summed E-state index contributed by atoms with van der Waals surface area (Å²) >= 11 is 0. The van der Waals surface area contributed by atoms with Gasteiger partial charge in [-0.25, -0.2) is 0 Å². The molecule has 0 aromatic heterocycles. The number of rotatable bonds is 2. The maximum atomic E-state index is 3.91. The summed E-state index contributed by atoms with van der Waals surface area (Å²) in [5.74, 6) is 0. The van der Waals surface area contributed by atoms with E-state index in [-0.39, 0.29) is 0 Å². The molecule has 60 valence electrons. The minimum atomic E-state index is 1.04. The van der Waals surface area contributed by atoms with Crippen LogP contribution >= 0.6 is 0 Å². The first-order valence-corrected chi connectivity index (χ1v) is 4.07. The molecule has 0 aliphatic carbocycles. The number of nitrogens with one attached hydrogen (secondary N) is 1. The van der Waals surface area contributed by atoms with Crippen LogP contribution in [-0.2, 0) is 0 Å². The Morgan fingerprint density at radius 1 is 1.45 bits per heavy atom. The summed E-state index contributed by atoms with van der Waals surface area (Å²) in [6, 6.07) is 0. The molecule has 0 saturated heterocycles. The molecule has 0 aromatic rings. The predicted molar refractivity (Wildman–Crippen MR) is 49.0 cm³/mol. The molecule has 1 heteroatoms. The molecule has 1 aliphatic heterocycles. The molecule has 1 heterocycles. The second kappa shape index (κ2) is 3.42. The predicted octanol–water partition coefficient (Wildman–Crippen LogP) is 2.73. The van der Waals surface area contributed by atoms with Gasteiger partial charge >= 0.3 is 0 Å². The van der Waals surface area contributed by atoms with E-state index in [2.05, 4.69) is 37.9 Å². The summed E-state index contributed by atoms with van der Waals surface area (Å²) in [7, 11) is 0. The van der Waals surface area contributed by atoms with E-state index in [1.165, 1.54) is 17.7 Å². The zero-order chi connectivity index (χ0) is 8.27. The van der Waals surface area contributed by atoms with Crippen LogP contribution in [0.25, 0.3) is 0 Å². The molecular weight excluding hydrogens is 134 g/mol. The maximum Gasteiger partial charge on any atom is 0.0338 e. The van der Waals surface area contributed by atoms with Gasteiger partial charge in [-0.1, -0.05) is 26.0 Å². The topological polar surface area (TPSA) is 12.0 Å². The summed E-state index contributed by atoms with van der Waals surface area (Å²) in [4.78, 5) is 0. The van der Waals surface area contributed by atoms with Crippen LogP contribution in [-0.4, -0.2) is 0 Å². The monoisotopic (exact) mass is 149 g/mol. The van der Waals surface area contributed by atoms with Crippen LogP contribution in [0.3, 0.4) is 0 Å². The minimum Gasteiger partial charge on any atom is -0.359 e. The van der Waals surface area contributed by atoms with Crippen molar-refractivity contribution in [2.45, 2.75) is 26.7 Å². The van der Waals surface area contributed by atoms with E-state index in [9.17, 15) is 0 Å². The van der Waals surface area contributed by atoms with Gasteiger partial charge in [-0.05, 0) is 25.0 Å². The standard InChI is InChI=1S/C10H15N/c1-4-5-10-7-6-8(2)9(3)11-10/h6-7,11H,3-5H2,1-2H3. The fourth-order valence-electron chi connectivity index (χ4n) is 1.08. The zero-order valence-corrected chi connectivity index (χ0v) is 7.28. The van der Waals surface area contributed by atoms with Crippen LogP contribution in [0, 0.1) is 0 Å². The van der Waals surface area contributed by atoms with Gasteiger partial charge in [0.05, 0.1) is 0 Å². The molecule has 0 atom stereocenters. The minimum absolute atomic E-state index is 1.04. The number of allylic oxidation sites excluding steroid dienone is 4. The van der Waals surface area contributed by atoms with Gasteiger partial charge in [0, 0.05) is 11.4 Å². The largest absolute Gasteiger partial charge is 0.359 e. The Kier molecular flexibility index (Phi) is 2.53. The van der Waals surface area contributed by atoms with Crippen molar-refractivity contribution in [2.75, 3.05) is 0 Å². The lowest BCUT2D eigenvalue weighted by Crippen LogP contribution is -2.15. The highest BCUT2D eigenvalue weighted by Crippen LogP contribution is 2.14. The van der Waals surface area contributed by atoms with Gasteiger partial charge in [-0.15, -0.1) is 0 Å². The molecule has 1 aliphatic rings. The molecular formula is C10H15N. The first-order valence-electron chi connectivity index (χ1n) is 4.07. The van der Waals surface area contributed by atoms with E-state index >= 15 is 0 Å². The van der Waals surface area contributed by atoms with E-state index in [0.29, 0.717) is 0 Å².